The zero-order valence-corrected chi connectivity index (χ0v) is 8.29. The van der Waals surface area contributed by atoms with Crippen molar-refractivity contribution in [2.24, 2.45) is 0 Å². The SMILES string of the molecule is C(#Cc1ccccc1)C1=CCCCC1. The van der Waals surface area contributed by atoms with Crippen LogP contribution >= 0.6 is 0 Å². The van der Waals surface area contributed by atoms with Crippen LogP contribution in [-0.2, 0) is 0 Å². The Hall–Kier alpha value is -1.48. The molecule has 1 aliphatic carbocycles. The van der Waals surface area contributed by atoms with Gasteiger partial charge in [-0.05, 0) is 43.4 Å². The lowest BCUT2D eigenvalue weighted by Gasteiger charge is -2.05. The number of allylic oxidation sites excluding steroid dienone is 2. The molecule has 0 nitrogen and oxygen atoms in total. The molecular formula is C14H14. The van der Waals surface area contributed by atoms with Crippen molar-refractivity contribution in [1.82, 2.24) is 0 Å². The maximum Gasteiger partial charge on any atom is 0.0248 e. The highest BCUT2D eigenvalue weighted by Crippen LogP contribution is 2.16. The molecule has 1 aromatic rings. The average Bonchev–Trinajstić information content (AvgIpc) is 2.29. The molecule has 0 radical (unpaired) electrons. The van der Waals surface area contributed by atoms with E-state index >= 15 is 0 Å². The highest BCUT2D eigenvalue weighted by Gasteiger charge is 1.99. The van der Waals surface area contributed by atoms with Crippen molar-refractivity contribution in [3.63, 3.8) is 0 Å². The summed E-state index contributed by atoms with van der Waals surface area (Å²) in [6, 6.07) is 10.2. The van der Waals surface area contributed by atoms with Gasteiger partial charge in [-0.25, -0.2) is 0 Å². The third kappa shape index (κ3) is 2.50. The van der Waals surface area contributed by atoms with Gasteiger partial charge < -0.3 is 0 Å². The maximum absolute atomic E-state index is 3.25. The van der Waals surface area contributed by atoms with E-state index in [-0.39, 0.29) is 0 Å². The van der Waals surface area contributed by atoms with Gasteiger partial charge in [0, 0.05) is 5.56 Å². The molecule has 0 fully saturated rings. The molecule has 14 heavy (non-hydrogen) atoms. The van der Waals surface area contributed by atoms with E-state index in [4.69, 9.17) is 0 Å². The van der Waals surface area contributed by atoms with Gasteiger partial charge >= 0.3 is 0 Å². The van der Waals surface area contributed by atoms with Crippen molar-refractivity contribution in [1.29, 1.82) is 0 Å². The highest BCUT2D eigenvalue weighted by atomic mass is 14.0. The molecule has 70 valence electrons. The Balaban J connectivity index is 2.10. The Morgan fingerprint density at radius 3 is 2.50 bits per heavy atom. The van der Waals surface area contributed by atoms with Crippen LogP contribution in [0.4, 0.5) is 0 Å². The molecule has 0 heterocycles. The Bertz CT molecular complexity index is 373. The van der Waals surface area contributed by atoms with Crippen LogP contribution in [0, 0.1) is 11.8 Å². The molecule has 0 aliphatic heterocycles. The molecule has 0 aromatic heterocycles. The van der Waals surface area contributed by atoms with E-state index in [9.17, 15) is 0 Å². The van der Waals surface area contributed by atoms with Crippen LogP contribution in [0.25, 0.3) is 0 Å². The lowest BCUT2D eigenvalue weighted by atomic mass is 10.00. The molecule has 0 heteroatoms. The van der Waals surface area contributed by atoms with E-state index in [0.717, 1.165) is 5.56 Å². The van der Waals surface area contributed by atoms with Crippen molar-refractivity contribution < 1.29 is 0 Å². The minimum atomic E-state index is 1.11. The maximum atomic E-state index is 3.25. The van der Waals surface area contributed by atoms with Gasteiger partial charge in [0.1, 0.15) is 0 Å². The minimum absolute atomic E-state index is 1.11. The van der Waals surface area contributed by atoms with E-state index in [1.54, 1.807) is 0 Å². The van der Waals surface area contributed by atoms with Gasteiger partial charge in [0.2, 0.25) is 0 Å². The summed E-state index contributed by atoms with van der Waals surface area (Å²) in [5.41, 5.74) is 2.43. The van der Waals surface area contributed by atoms with Gasteiger partial charge in [0.05, 0.1) is 0 Å². The molecule has 0 spiro atoms. The van der Waals surface area contributed by atoms with Gasteiger partial charge in [-0.2, -0.15) is 0 Å². The first-order chi connectivity index (χ1) is 6.95. The van der Waals surface area contributed by atoms with Gasteiger partial charge in [-0.15, -0.1) is 0 Å². The number of hydrogen-bond acceptors (Lipinski definition) is 0. The molecule has 0 saturated heterocycles. The van der Waals surface area contributed by atoms with Crippen LogP contribution in [-0.4, -0.2) is 0 Å². The largest absolute Gasteiger partial charge is 0.0729 e. The lowest BCUT2D eigenvalue weighted by molar-refractivity contribution is 0.715. The average molecular weight is 182 g/mol. The number of hydrogen-bond donors (Lipinski definition) is 0. The second-order valence-corrected chi connectivity index (χ2v) is 3.59. The smallest absolute Gasteiger partial charge is 0.0248 e. The van der Waals surface area contributed by atoms with E-state index in [2.05, 4.69) is 30.0 Å². The van der Waals surface area contributed by atoms with E-state index in [0.29, 0.717) is 0 Å². The zero-order chi connectivity index (χ0) is 9.64. The highest BCUT2D eigenvalue weighted by molar-refractivity contribution is 5.40. The summed E-state index contributed by atoms with van der Waals surface area (Å²) in [6.07, 6.45) is 7.28. The summed E-state index contributed by atoms with van der Waals surface area (Å²) in [4.78, 5) is 0. The van der Waals surface area contributed by atoms with Gasteiger partial charge in [0.15, 0.2) is 0 Å². The fourth-order valence-corrected chi connectivity index (χ4v) is 1.63. The zero-order valence-electron chi connectivity index (χ0n) is 8.29. The third-order valence-electron chi connectivity index (χ3n) is 2.43. The molecule has 0 N–H and O–H groups in total. The fourth-order valence-electron chi connectivity index (χ4n) is 1.63. The van der Waals surface area contributed by atoms with Crippen molar-refractivity contribution >= 4 is 0 Å². The first-order valence-electron chi connectivity index (χ1n) is 5.21. The van der Waals surface area contributed by atoms with Crippen LogP contribution in [0.5, 0.6) is 0 Å². The van der Waals surface area contributed by atoms with Crippen LogP contribution in [0.15, 0.2) is 42.0 Å². The normalized spacial score (nSPS) is 15.3. The van der Waals surface area contributed by atoms with Crippen LogP contribution in [0.1, 0.15) is 31.2 Å². The van der Waals surface area contributed by atoms with E-state index in [1.165, 1.54) is 31.3 Å². The molecule has 0 saturated carbocycles. The predicted octanol–water partition coefficient (Wildman–Crippen LogP) is 3.54. The summed E-state index contributed by atoms with van der Waals surface area (Å²) in [7, 11) is 0. The van der Waals surface area contributed by atoms with E-state index < -0.39 is 0 Å². The minimum Gasteiger partial charge on any atom is -0.0729 e. The monoisotopic (exact) mass is 182 g/mol. The fraction of sp³-hybridized carbons (Fsp3) is 0.286. The first-order valence-corrected chi connectivity index (χ1v) is 5.21. The first kappa shape index (κ1) is 9.09. The molecule has 0 atom stereocenters. The third-order valence-corrected chi connectivity index (χ3v) is 2.43. The summed E-state index contributed by atoms with van der Waals surface area (Å²) >= 11 is 0. The number of benzene rings is 1. The molecule has 1 aromatic carbocycles. The second kappa shape index (κ2) is 4.67. The Morgan fingerprint density at radius 2 is 1.79 bits per heavy atom. The molecule has 0 bridgehead atoms. The standard InChI is InChI=1S/C14H14/c1-3-7-13(8-4-1)11-12-14-9-5-2-6-10-14/h1,3-4,7-9H,2,5-6,10H2. The molecule has 0 unspecified atom stereocenters. The van der Waals surface area contributed by atoms with Crippen molar-refractivity contribution in [3.8, 4) is 11.8 Å². The van der Waals surface area contributed by atoms with E-state index in [1.807, 2.05) is 18.2 Å². The predicted molar refractivity (Wildman–Crippen MR) is 59.9 cm³/mol. The van der Waals surface area contributed by atoms with Crippen LogP contribution < -0.4 is 0 Å². The lowest BCUT2D eigenvalue weighted by Crippen LogP contribution is -1.88. The summed E-state index contributed by atoms with van der Waals surface area (Å²) in [6.45, 7) is 0. The Morgan fingerprint density at radius 1 is 0.929 bits per heavy atom. The van der Waals surface area contributed by atoms with Crippen LogP contribution in [0.2, 0.25) is 0 Å². The molecule has 2 rings (SSSR count). The summed E-state index contributed by atoms with van der Waals surface area (Å²) < 4.78 is 0. The Labute approximate surface area is 85.7 Å². The Kier molecular flexibility index (Phi) is 3.03. The molecular weight excluding hydrogens is 168 g/mol. The van der Waals surface area contributed by atoms with Gasteiger partial charge in [-0.1, -0.05) is 36.1 Å². The van der Waals surface area contributed by atoms with Crippen LogP contribution in [0.3, 0.4) is 0 Å². The van der Waals surface area contributed by atoms with Gasteiger partial charge in [-0.3, -0.25) is 0 Å². The molecule has 0 amide bonds. The quantitative estimate of drug-likeness (QED) is 0.538. The van der Waals surface area contributed by atoms with Crippen molar-refractivity contribution in [2.75, 3.05) is 0 Å². The van der Waals surface area contributed by atoms with Crippen molar-refractivity contribution in [3.05, 3.63) is 47.5 Å². The van der Waals surface area contributed by atoms with Crippen molar-refractivity contribution in [2.45, 2.75) is 25.7 Å². The molecule has 1 aliphatic rings. The topological polar surface area (TPSA) is 0 Å². The second-order valence-electron chi connectivity index (χ2n) is 3.59. The number of rotatable bonds is 0. The summed E-state index contributed by atoms with van der Waals surface area (Å²) in [5, 5.41) is 0. The van der Waals surface area contributed by atoms with Gasteiger partial charge in [0.25, 0.3) is 0 Å². The summed E-state index contributed by atoms with van der Waals surface area (Å²) in [5.74, 6) is 6.45.